The van der Waals surface area contributed by atoms with Crippen molar-refractivity contribution in [1.29, 1.82) is 0 Å². The van der Waals surface area contributed by atoms with Crippen molar-refractivity contribution in [2.24, 2.45) is 0 Å². The zero-order valence-electron chi connectivity index (χ0n) is 13.8. The second kappa shape index (κ2) is 6.20. The third kappa shape index (κ3) is 2.67. The van der Waals surface area contributed by atoms with Crippen molar-refractivity contribution in [3.63, 3.8) is 0 Å². The number of rotatable bonds is 3. The molecule has 6 nitrogen and oxygen atoms in total. The quantitative estimate of drug-likeness (QED) is 0.654. The molecule has 1 aliphatic rings. The SMILES string of the molecule is COC(=O)[C@](O)(c1ccc(N2C(=O)c3ccccc3C2=O)cc1)C(F)(F)F. The Morgan fingerprint density at radius 3 is 1.85 bits per heavy atom. The minimum atomic E-state index is -5.34. The molecule has 0 aliphatic carbocycles. The van der Waals surface area contributed by atoms with E-state index in [4.69, 9.17) is 0 Å². The topological polar surface area (TPSA) is 83.9 Å². The van der Waals surface area contributed by atoms with Crippen molar-refractivity contribution in [2.75, 3.05) is 12.0 Å². The third-order valence-corrected chi connectivity index (χ3v) is 4.23. The van der Waals surface area contributed by atoms with Gasteiger partial charge in [0.05, 0.1) is 23.9 Å². The van der Waals surface area contributed by atoms with E-state index in [1.807, 2.05) is 0 Å². The third-order valence-electron chi connectivity index (χ3n) is 4.23. The van der Waals surface area contributed by atoms with E-state index in [1.165, 1.54) is 12.1 Å². The Bertz CT molecular complexity index is 904. The molecule has 3 rings (SSSR count). The molecule has 2 aromatic carbocycles. The molecule has 0 spiro atoms. The number of esters is 1. The Morgan fingerprint density at radius 1 is 0.963 bits per heavy atom. The number of alkyl halides is 3. The minimum absolute atomic E-state index is 0.000611. The second-order valence-electron chi connectivity index (χ2n) is 5.74. The number of halogens is 3. The number of carbonyl (C=O) groups is 3. The molecule has 1 N–H and O–H groups in total. The molecule has 1 heterocycles. The van der Waals surface area contributed by atoms with E-state index >= 15 is 0 Å². The second-order valence-corrected chi connectivity index (χ2v) is 5.74. The summed E-state index contributed by atoms with van der Waals surface area (Å²) >= 11 is 0. The summed E-state index contributed by atoms with van der Waals surface area (Å²) in [6, 6.07) is 9.78. The lowest BCUT2D eigenvalue weighted by atomic mass is 9.93. The van der Waals surface area contributed by atoms with E-state index in [1.54, 1.807) is 12.1 Å². The van der Waals surface area contributed by atoms with Crippen LogP contribution in [0.5, 0.6) is 0 Å². The predicted molar refractivity (Wildman–Crippen MR) is 86.0 cm³/mol. The predicted octanol–water partition coefficient (Wildman–Crippen LogP) is 2.41. The van der Waals surface area contributed by atoms with E-state index < -0.39 is 35.1 Å². The van der Waals surface area contributed by atoms with Crippen LogP contribution < -0.4 is 4.90 Å². The summed E-state index contributed by atoms with van der Waals surface area (Å²) in [5.74, 6) is -3.15. The molecule has 0 fully saturated rings. The Balaban J connectivity index is 2.01. The number of hydrogen-bond donors (Lipinski definition) is 1. The van der Waals surface area contributed by atoms with E-state index in [2.05, 4.69) is 4.74 Å². The molecule has 2 amide bonds. The molecule has 0 bridgehead atoms. The van der Waals surface area contributed by atoms with Crippen LogP contribution in [0, 0.1) is 0 Å². The lowest BCUT2D eigenvalue weighted by molar-refractivity contribution is -0.266. The number of hydrogen-bond acceptors (Lipinski definition) is 5. The Labute approximate surface area is 150 Å². The number of anilines is 1. The van der Waals surface area contributed by atoms with Crippen molar-refractivity contribution in [3.8, 4) is 0 Å². The molecular weight excluding hydrogens is 367 g/mol. The summed E-state index contributed by atoms with van der Waals surface area (Å²) in [7, 11) is 0.714. The van der Waals surface area contributed by atoms with Gasteiger partial charge in [-0.2, -0.15) is 13.2 Å². The molecule has 0 saturated heterocycles. The van der Waals surface area contributed by atoms with E-state index in [0.29, 0.717) is 7.11 Å². The summed E-state index contributed by atoms with van der Waals surface area (Å²) in [6.07, 6.45) is -5.34. The Hall–Kier alpha value is -3.20. The largest absolute Gasteiger partial charge is 0.466 e. The van der Waals surface area contributed by atoms with Gasteiger partial charge in [0.1, 0.15) is 0 Å². The molecule has 9 heteroatoms. The van der Waals surface area contributed by atoms with Crippen LogP contribution >= 0.6 is 0 Å². The number of imide groups is 1. The van der Waals surface area contributed by atoms with Gasteiger partial charge in [0, 0.05) is 5.56 Å². The van der Waals surface area contributed by atoms with Crippen LogP contribution in [0.3, 0.4) is 0 Å². The van der Waals surface area contributed by atoms with Crippen LogP contribution in [0.1, 0.15) is 26.3 Å². The number of benzene rings is 2. The zero-order valence-corrected chi connectivity index (χ0v) is 13.8. The van der Waals surface area contributed by atoms with Crippen molar-refractivity contribution in [1.82, 2.24) is 0 Å². The molecule has 140 valence electrons. The van der Waals surface area contributed by atoms with Crippen LogP contribution in [-0.4, -0.2) is 36.2 Å². The van der Waals surface area contributed by atoms with Crippen LogP contribution in [0.15, 0.2) is 48.5 Å². The summed E-state index contributed by atoms with van der Waals surface area (Å²) in [5.41, 5.74) is -4.33. The first kappa shape index (κ1) is 18.6. The summed E-state index contributed by atoms with van der Waals surface area (Å²) in [5, 5.41) is 9.94. The smallest absolute Gasteiger partial charge is 0.432 e. The molecule has 0 saturated carbocycles. The van der Waals surface area contributed by atoms with Gasteiger partial charge >= 0.3 is 12.1 Å². The van der Waals surface area contributed by atoms with Crippen molar-refractivity contribution in [3.05, 3.63) is 65.2 Å². The van der Waals surface area contributed by atoms with Crippen LogP contribution in [0.2, 0.25) is 0 Å². The minimum Gasteiger partial charge on any atom is -0.466 e. The Morgan fingerprint density at radius 2 is 1.44 bits per heavy atom. The number of amides is 2. The van der Waals surface area contributed by atoms with Crippen molar-refractivity contribution in [2.45, 2.75) is 11.8 Å². The van der Waals surface area contributed by atoms with Gasteiger partial charge in [-0.05, 0) is 24.3 Å². The van der Waals surface area contributed by atoms with E-state index in [0.717, 1.165) is 29.2 Å². The highest BCUT2D eigenvalue weighted by Crippen LogP contribution is 2.40. The lowest BCUT2D eigenvalue weighted by Crippen LogP contribution is -2.49. The number of ether oxygens (including phenoxy) is 1. The molecule has 2 aromatic rings. The molecule has 1 aliphatic heterocycles. The van der Waals surface area contributed by atoms with E-state index in [9.17, 15) is 32.7 Å². The normalized spacial score (nSPS) is 16.1. The fourth-order valence-corrected chi connectivity index (χ4v) is 2.82. The van der Waals surface area contributed by atoms with Crippen LogP contribution in [0.25, 0.3) is 0 Å². The summed E-state index contributed by atoms with van der Waals surface area (Å²) in [4.78, 5) is 37.2. The zero-order chi connectivity index (χ0) is 20.0. The van der Waals surface area contributed by atoms with Crippen LogP contribution in [-0.2, 0) is 15.1 Å². The van der Waals surface area contributed by atoms with Crippen molar-refractivity contribution >= 4 is 23.5 Å². The van der Waals surface area contributed by atoms with Crippen LogP contribution in [0.4, 0.5) is 18.9 Å². The van der Waals surface area contributed by atoms with E-state index in [-0.39, 0.29) is 16.8 Å². The highest BCUT2D eigenvalue weighted by Gasteiger charge is 2.62. The highest BCUT2D eigenvalue weighted by atomic mass is 19.4. The van der Waals surface area contributed by atoms with Gasteiger partial charge in [0.2, 0.25) is 0 Å². The van der Waals surface area contributed by atoms with Gasteiger partial charge in [-0.1, -0.05) is 24.3 Å². The molecule has 0 unspecified atom stereocenters. The summed E-state index contributed by atoms with van der Waals surface area (Å²) < 4.78 is 43.9. The monoisotopic (exact) mass is 379 g/mol. The molecule has 27 heavy (non-hydrogen) atoms. The average molecular weight is 379 g/mol. The number of nitrogens with zero attached hydrogens (tertiary/aromatic N) is 1. The van der Waals surface area contributed by atoms with Gasteiger partial charge in [0.25, 0.3) is 17.4 Å². The first-order valence-corrected chi connectivity index (χ1v) is 7.58. The number of aliphatic hydroxyl groups is 1. The van der Waals surface area contributed by atoms with Gasteiger partial charge in [-0.25, -0.2) is 9.69 Å². The number of carbonyl (C=O) groups excluding carboxylic acids is 3. The molecular formula is C18H12F3NO5. The fraction of sp³-hybridized carbons (Fsp3) is 0.167. The maximum atomic E-state index is 13.3. The highest BCUT2D eigenvalue weighted by molar-refractivity contribution is 6.34. The maximum absolute atomic E-state index is 13.3. The fourth-order valence-electron chi connectivity index (χ4n) is 2.82. The maximum Gasteiger partial charge on any atom is 0.432 e. The number of methoxy groups -OCH3 is 1. The van der Waals surface area contributed by atoms with Crippen molar-refractivity contribution < 1.29 is 37.4 Å². The van der Waals surface area contributed by atoms with Gasteiger partial charge < -0.3 is 9.84 Å². The number of fused-ring (bicyclic) bond motifs is 1. The molecule has 0 aromatic heterocycles. The van der Waals surface area contributed by atoms with Gasteiger partial charge in [-0.15, -0.1) is 0 Å². The molecule has 0 radical (unpaired) electrons. The Kier molecular flexibility index (Phi) is 4.27. The lowest BCUT2D eigenvalue weighted by Gasteiger charge is -2.28. The standard InChI is InChI=1S/C18H12F3NO5/c1-27-16(25)17(26,18(19,20)21)10-6-8-11(9-7-10)22-14(23)12-4-2-3-5-13(12)15(22)24/h2-9,26H,1H3/t17-/m1/s1. The first-order chi connectivity index (χ1) is 12.6. The van der Waals surface area contributed by atoms with Gasteiger partial charge in [0.15, 0.2) is 0 Å². The molecule has 1 atom stereocenters. The average Bonchev–Trinajstić information content (AvgIpc) is 2.90. The summed E-state index contributed by atoms with van der Waals surface area (Å²) in [6.45, 7) is 0. The van der Waals surface area contributed by atoms with Gasteiger partial charge in [-0.3, -0.25) is 9.59 Å². The first-order valence-electron chi connectivity index (χ1n) is 7.58.